The normalized spacial score (nSPS) is 13.3. The Hall–Kier alpha value is -4.14. The zero-order chi connectivity index (χ0) is 24.5. The maximum Gasteiger partial charge on any atom is 0.252 e. The number of nitrogens with zero attached hydrogens (tertiary/aromatic N) is 5. The van der Waals surface area contributed by atoms with E-state index in [2.05, 4.69) is 20.3 Å². The van der Waals surface area contributed by atoms with Gasteiger partial charge in [0, 0.05) is 35.2 Å². The van der Waals surface area contributed by atoms with Crippen LogP contribution in [0.1, 0.15) is 54.2 Å². The van der Waals surface area contributed by atoms with Crippen molar-refractivity contribution in [1.82, 2.24) is 29.8 Å². The number of hydrogen-bond donors (Lipinski definition) is 1. The van der Waals surface area contributed by atoms with Gasteiger partial charge in [-0.25, -0.2) is 19.9 Å². The molecular formula is C26H26N6O3. The van der Waals surface area contributed by atoms with Gasteiger partial charge in [-0.1, -0.05) is 12.1 Å². The molecule has 1 amide bonds. The first-order chi connectivity index (χ1) is 16.9. The van der Waals surface area contributed by atoms with Crippen molar-refractivity contribution < 1.29 is 9.53 Å². The highest BCUT2D eigenvalue weighted by atomic mass is 16.5. The Morgan fingerprint density at radius 3 is 2.57 bits per heavy atom. The summed E-state index contributed by atoms with van der Waals surface area (Å²) >= 11 is 0. The Bertz CT molecular complexity index is 1460. The summed E-state index contributed by atoms with van der Waals surface area (Å²) in [5.41, 5.74) is 3.32. The van der Waals surface area contributed by atoms with Gasteiger partial charge in [0.25, 0.3) is 11.5 Å². The summed E-state index contributed by atoms with van der Waals surface area (Å²) in [6.07, 6.45) is 5.31. The van der Waals surface area contributed by atoms with Gasteiger partial charge < -0.3 is 10.1 Å². The van der Waals surface area contributed by atoms with Crippen molar-refractivity contribution >= 4 is 16.9 Å². The third-order valence-electron chi connectivity index (χ3n) is 5.92. The van der Waals surface area contributed by atoms with Gasteiger partial charge in [0.1, 0.15) is 17.5 Å². The van der Waals surface area contributed by atoms with Gasteiger partial charge in [-0.2, -0.15) is 0 Å². The molecule has 1 fully saturated rings. The zero-order valence-corrected chi connectivity index (χ0v) is 19.9. The van der Waals surface area contributed by atoms with Crippen molar-refractivity contribution in [2.45, 2.75) is 45.2 Å². The second-order valence-electron chi connectivity index (χ2n) is 8.97. The minimum Gasteiger partial charge on any atom is -0.480 e. The highest BCUT2D eigenvalue weighted by molar-refractivity contribution is 5.94. The van der Waals surface area contributed by atoms with Gasteiger partial charge in [0.15, 0.2) is 5.82 Å². The molecule has 4 aromatic rings. The van der Waals surface area contributed by atoms with Gasteiger partial charge in [0.05, 0.1) is 19.3 Å². The topological polar surface area (TPSA) is 112 Å². The fraction of sp³-hybridized carbons (Fsp3) is 0.308. The lowest BCUT2D eigenvalue weighted by atomic mass is 10.1. The van der Waals surface area contributed by atoms with Gasteiger partial charge in [-0.15, -0.1) is 0 Å². The number of aromatic nitrogens is 5. The van der Waals surface area contributed by atoms with Crippen molar-refractivity contribution in [1.29, 1.82) is 0 Å². The van der Waals surface area contributed by atoms with Crippen LogP contribution in [-0.4, -0.2) is 43.6 Å². The van der Waals surface area contributed by atoms with Crippen LogP contribution >= 0.6 is 0 Å². The van der Waals surface area contributed by atoms with Crippen LogP contribution in [0, 0.1) is 0 Å². The van der Waals surface area contributed by atoms with Crippen LogP contribution in [0.3, 0.4) is 0 Å². The average molecular weight is 471 g/mol. The lowest BCUT2D eigenvalue weighted by Gasteiger charge is -2.13. The lowest BCUT2D eigenvalue weighted by Crippen LogP contribution is -2.30. The van der Waals surface area contributed by atoms with E-state index in [0.717, 1.165) is 29.5 Å². The van der Waals surface area contributed by atoms with E-state index in [1.54, 1.807) is 36.1 Å². The predicted octanol–water partition coefficient (Wildman–Crippen LogP) is 3.32. The number of carbonyl (C=O) groups excluding carboxylic acids is 1. The minimum atomic E-state index is -0.178. The molecule has 1 aliphatic carbocycles. The maximum atomic E-state index is 12.9. The molecule has 178 valence electrons. The number of hydrogen-bond acceptors (Lipinski definition) is 7. The Labute approximate surface area is 202 Å². The first kappa shape index (κ1) is 22.6. The first-order valence-corrected chi connectivity index (χ1v) is 11.6. The second-order valence-corrected chi connectivity index (χ2v) is 8.97. The van der Waals surface area contributed by atoms with Gasteiger partial charge in [0.2, 0.25) is 5.88 Å². The Morgan fingerprint density at radius 1 is 1.11 bits per heavy atom. The number of rotatable bonds is 7. The monoisotopic (exact) mass is 470 g/mol. The quantitative estimate of drug-likeness (QED) is 0.441. The zero-order valence-electron chi connectivity index (χ0n) is 19.9. The number of ether oxygens (including phenoxy) is 1. The standard InChI is InChI=1S/C26H26N6O3/c1-15(2)30-25(34)18-6-4-16(5-7-18)13-32-20(33)11-10-19-12-27-23(31-24(19)32)21-22(17-8-9-17)28-14-29-26(21)35-3/h4-7,10-12,14-15,17H,8-9,13H2,1-3H3,(H,30,34). The van der Waals surface area contributed by atoms with Crippen molar-refractivity contribution in [3.8, 4) is 17.3 Å². The van der Waals surface area contributed by atoms with Crippen molar-refractivity contribution in [3.05, 3.63) is 76.1 Å². The molecule has 9 nitrogen and oxygen atoms in total. The molecule has 3 aromatic heterocycles. The van der Waals surface area contributed by atoms with E-state index in [-0.39, 0.29) is 17.5 Å². The van der Waals surface area contributed by atoms with Crippen LogP contribution < -0.4 is 15.6 Å². The number of nitrogens with one attached hydrogen (secondary N) is 1. The molecule has 1 aromatic carbocycles. The van der Waals surface area contributed by atoms with Gasteiger partial charge in [-0.3, -0.25) is 14.2 Å². The number of fused-ring (bicyclic) bond motifs is 1. The molecule has 0 atom stereocenters. The SMILES string of the molecule is COc1ncnc(C2CC2)c1-c1ncc2ccc(=O)n(Cc3ccc(C(=O)NC(C)C)cc3)c2n1. The van der Waals surface area contributed by atoms with Gasteiger partial charge in [-0.05, 0) is 50.5 Å². The summed E-state index contributed by atoms with van der Waals surface area (Å²) < 4.78 is 7.11. The van der Waals surface area contributed by atoms with Crippen LogP contribution in [0.25, 0.3) is 22.4 Å². The molecule has 35 heavy (non-hydrogen) atoms. The summed E-state index contributed by atoms with van der Waals surface area (Å²) in [4.78, 5) is 43.2. The molecule has 1 aliphatic rings. The summed E-state index contributed by atoms with van der Waals surface area (Å²) in [6.45, 7) is 4.14. The number of methoxy groups -OCH3 is 1. The first-order valence-electron chi connectivity index (χ1n) is 11.6. The summed E-state index contributed by atoms with van der Waals surface area (Å²) in [7, 11) is 1.56. The smallest absolute Gasteiger partial charge is 0.252 e. The van der Waals surface area contributed by atoms with E-state index in [0.29, 0.717) is 40.9 Å². The molecule has 1 saturated carbocycles. The number of pyridine rings is 1. The van der Waals surface area contributed by atoms with Crippen molar-refractivity contribution in [3.63, 3.8) is 0 Å². The third-order valence-corrected chi connectivity index (χ3v) is 5.92. The van der Waals surface area contributed by atoms with Crippen LogP contribution in [0.15, 0.2) is 53.7 Å². The van der Waals surface area contributed by atoms with E-state index >= 15 is 0 Å². The Kier molecular flexibility index (Phi) is 5.98. The molecular weight excluding hydrogens is 444 g/mol. The molecule has 0 saturated heterocycles. The van der Waals surface area contributed by atoms with E-state index in [4.69, 9.17) is 9.72 Å². The second kappa shape index (κ2) is 9.25. The van der Waals surface area contributed by atoms with Crippen molar-refractivity contribution in [2.24, 2.45) is 0 Å². The number of carbonyl (C=O) groups is 1. The summed E-state index contributed by atoms with van der Waals surface area (Å²) in [6, 6.07) is 10.5. The molecule has 5 rings (SSSR count). The minimum absolute atomic E-state index is 0.0550. The Morgan fingerprint density at radius 2 is 1.89 bits per heavy atom. The summed E-state index contributed by atoms with van der Waals surface area (Å²) in [5.74, 6) is 1.06. The largest absolute Gasteiger partial charge is 0.480 e. The van der Waals surface area contributed by atoms with Crippen LogP contribution in [-0.2, 0) is 6.54 Å². The molecule has 1 N–H and O–H groups in total. The fourth-order valence-corrected chi connectivity index (χ4v) is 4.05. The van der Waals surface area contributed by atoms with Crippen LogP contribution in [0.5, 0.6) is 5.88 Å². The van der Waals surface area contributed by atoms with E-state index in [9.17, 15) is 9.59 Å². The van der Waals surface area contributed by atoms with Gasteiger partial charge >= 0.3 is 0 Å². The van der Waals surface area contributed by atoms with Crippen LogP contribution in [0.2, 0.25) is 0 Å². The van der Waals surface area contributed by atoms with E-state index in [1.807, 2.05) is 26.0 Å². The Balaban J connectivity index is 1.54. The van der Waals surface area contributed by atoms with Crippen LogP contribution in [0.4, 0.5) is 0 Å². The highest BCUT2D eigenvalue weighted by Crippen LogP contribution is 2.44. The number of amides is 1. The molecule has 9 heteroatoms. The molecule has 3 heterocycles. The number of benzene rings is 1. The predicted molar refractivity (Wildman–Crippen MR) is 131 cm³/mol. The average Bonchev–Trinajstić information content (AvgIpc) is 3.70. The highest BCUT2D eigenvalue weighted by Gasteiger charge is 2.31. The van der Waals surface area contributed by atoms with E-state index in [1.165, 1.54) is 12.4 Å². The fourth-order valence-electron chi connectivity index (χ4n) is 4.05. The molecule has 0 aliphatic heterocycles. The molecule has 0 bridgehead atoms. The molecule has 0 radical (unpaired) electrons. The lowest BCUT2D eigenvalue weighted by molar-refractivity contribution is 0.0943. The van der Waals surface area contributed by atoms with E-state index < -0.39 is 0 Å². The summed E-state index contributed by atoms with van der Waals surface area (Å²) in [5, 5.41) is 3.62. The van der Waals surface area contributed by atoms with Crippen molar-refractivity contribution in [2.75, 3.05) is 7.11 Å². The molecule has 0 unspecified atom stereocenters. The maximum absolute atomic E-state index is 12.9. The third kappa shape index (κ3) is 4.62. The molecule has 0 spiro atoms.